The molecule has 1 nitrogen and oxygen atoms in total. The van der Waals surface area contributed by atoms with Gasteiger partial charge in [0.15, 0.2) is 0 Å². The third kappa shape index (κ3) is 5.82. The zero-order chi connectivity index (χ0) is 16.2. The van der Waals surface area contributed by atoms with Crippen molar-refractivity contribution in [2.24, 2.45) is 17.3 Å². The summed E-state index contributed by atoms with van der Waals surface area (Å²) in [6, 6.07) is 4.65. The van der Waals surface area contributed by atoms with Crippen molar-refractivity contribution >= 4 is 0 Å². The fraction of sp³-hybridized carbons (Fsp3) is 0.700. The molecule has 0 saturated carbocycles. The van der Waals surface area contributed by atoms with Crippen molar-refractivity contribution in [2.45, 2.75) is 61.8 Å². The average molecular weight is 290 g/mol. The predicted molar refractivity (Wildman–Crippen MR) is 95.0 cm³/mol. The smallest absolute Gasteiger partial charge is 0.00122 e. The topological polar surface area (TPSA) is 12.0 Å². The molecule has 120 valence electrons. The number of hydrogen-bond donors (Lipinski definition) is 1. The summed E-state index contributed by atoms with van der Waals surface area (Å²) in [6.07, 6.45) is 1.17. The second-order valence-corrected chi connectivity index (χ2v) is 8.20. The fourth-order valence-electron chi connectivity index (χ4n) is 3.01. The lowest BCUT2D eigenvalue weighted by molar-refractivity contribution is 0.228. The molecule has 1 heteroatoms. The Kier molecular flexibility index (Phi) is 6.46. The lowest BCUT2D eigenvalue weighted by Gasteiger charge is -2.32. The van der Waals surface area contributed by atoms with E-state index in [1.807, 2.05) is 0 Å². The number of benzene rings is 1. The summed E-state index contributed by atoms with van der Waals surface area (Å²) < 4.78 is 0. The maximum atomic E-state index is 3.66. The second-order valence-electron chi connectivity index (χ2n) is 8.20. The summed E-state index contributed by atoms with van der Waals surface area (Å²) in [4.78, 5) is 0. The number of hydrogen-bond acceptors (Lipinski definition) is 1. The second kappa shape index (κ2) is 7.45. The third-order valence-electron chi connectivity index (χ3n) is 4.46. The van der Waals surface area contributed by atoms with E-state index in [2.05, 4.69) is 72.8 Å². The Bertz CT molecular complexity index is 428. The zero-order valence-corrected chi connectivity index (χ0v) is 15.4. The molecule has 1 aromatic rings. The van der Waals surface area contributed by atoms with Gasteiger partial charge in [-0.25, -0.2) is 0 Å². The van der Waals surface area contributed by atoms with Gasteiger partial charge < -0.3 is 5.32 Å². The molecule has 1 N–H and O–H groups in total. The van der Waals surface area contributed by atoms with Gasteiger partial charge in [0.1, 0.15) is 0 Å². The van der Waals surface area contributed by atoms with Crippen molar-refractivity contribution in [1.82, 2.24) is 5.32 Å². The molecule has 0 aliphatic rings. The molecule has 1 rings (SSSR count). The summed E-state index contributed by atoms with van der Waals surface area (Å²) in [7, 11) is 0. The Balaban J connectivity index is 2.87. The van der Waals surface area contributed by atoms with Gasteiger partial charge in [-0.05, 0) is 74.2 Å². The lowest BCUT2D eigenvalue weighted by atomic mass is 9.76. The molecule has 0 radical (unpaired) electrons. The molecule has 1 unspecified atom stereocenters. The van der Waals surface area contributed by atoms with Gasteiger partial charge in [-0.15, -0.1) is 0 Å². The minimum Gasteiger partial charge on any atom is -0.316 e. The monoisotopic (exact) mass is 289 g/mol. The molecule has 0 bridgehead atoms. The Labute approximate surface area is 132 Å². The molecule has 0 aliphatic carbocycles. The van der Waals surface area contributed by atoms with Gasteiger partial charge in [0, 0.05) is 0 Å². The van der Waals surface area contributed by atoms with Gasteiger partial charge >= 0.3 is 0 Å². The molecule has 0 aromatic heterocycles. The molecule has 1 aromatic carbocycles. The highest BCUT2D eigenvalue weighted by Crippen LogP contribution is 2.31. The Morgan fingerprint density at radius 2 is 1.48 bits per heavy atom. The van der Waals surface area contributed by atoms with Crippen LogP contribution in [0.2, 0.25) is 0 Å². The van der Waals surface area contributed by atoms with E-state index in [9.17, 15) is 0 Å². The molecule has 0 amide bonds. The molecule has 0 saturated heterocycles. The number of rotatable bonds is 6. The van der Waals surface area contributed by atoms with Crippen molar-refractivity contribution in [3.63, 3.8) is 0 Å². The van der Waals surface area contributed by atoms with Crippen LogP contribution in [0.4, 0.5) is 0 Å². The Morgan fingerprint density at radius 3 is 1.90 bits per heavy atom. The number of aryl methyl sites for hydroxylation is 3. The van der Waals surface area contributed by atoms with Gasteiger partial charge in [-0.3, -0.25) is 0 Å². The van der Waals surface area contributed by atoms with Crippen LogP contribution in [-0.2, 0) is 6.42 Å². The molecule has 0 spiro atoms. The highest BCUT2D eigenvalue weighted by Gasteiger charge is 2.25. The first kappa shape index (κ1) is 18.2. The van der Waals surface area contributed by atoms with Crippen molar-refractivity contribution in [1.29, 1.82) is 0 Å². The largest absolute Gasteiger partial charge is 0.316 e. The first-order chi connectivity index (χ1) is 9.61. The van der Waals surface area contributed by atoms with Gasteiger partial charge in [-0.1, -0.05) is 52.3 Å². The van der Waals surface area contributed by atoms with E-state index >= 15 is 0 Å². The maximum Gasteiger partial charge on any atom is -0.00122 e. The van der Waals surface area contributed by atoms with Crippen LogP contribution in [0.15, 0.2) is 12.1 Å². The highest BCUT2D eigenvalue weighted by molar-refractivity contribution is 5.37. The van der Waals surface area contributed by atoms with E-state index in [1.54, 1.807) is 5.56 Å². The van der Waals surface area contributed by atoms with E-state index in [4.69, 9.17) is 0 Å². The van der Waals surface area contributed by atoms with Gasteiger partial charge in [0.25, 0.3) is 0 Å². The number of nitrogens with one attached hydrogen (secondary N) is 1. The molecule has 21 heavy (non-hydrogen) atoms. The van der Waals surface area contributed by atoms with Crippen molar-refractivity contribution in [3.05, 3.63) is 34.4 Å². The van der Waals surface area contributed by atoms with E-state index in [1.165, 1.54) is 23.1 Å². The van der Waals surface area contributed by atoms with Crippen LogP contribution < -0.4 is 5.32 Å². The summed E-state index contributed by atoms with van der Waals surface area (Å²) in [5, 5.41) is 3.66. The maximum absolute atomic E-state index is 3.66. The van der Waals surface area contributed by atoms with Crippen LogP contribution in [0.1, 0.15) is 56.9 Å². The zero-order valence-electron chi connectivity index (χ0n) is 15.4. The van der Waals surface area contributed by atoms with Gasteiger partial charge in [0.2, 0.25) is 0 Å². The summed E-state index contributed by atoms with van der Waals surface area (Å²) >= 11 is 0. The Morgan fingerprint density at radius 1 is 0.952 bits per heavy atom. The molecular weight excluding hydrogens is 254 g/mol. The van der Waals surface area contributed by atoms with Crippen LogP contribution in [0.3, 0.4) is 0 Å². The van der Waals surface area contributed by atoms with Crippen molar-refractivity contribution in [2.75, 3.05) is 13.1 Å². The van der Waals surface area contributed by atoms with Crippen molar-refractivity contribution < 1.29 is 0 Å². The first-order valence-electron chi connectivity index (χ1n) is 8.38. The predicted octanol–water partition coefficient (Wildman–Crippen LogP) is 5.06. The van der Waals surface area contributed by atoms with E-state index < -0.39 is 0 Å². The highest BCUT2D eigenvalue weighted by atomic mass is 14.9. The molecule has 0 aliphatic heterocycles. The van der Waals surface area contributed by atoms with Crippen LogP contribution in [0.25, 0.3) is 0 Å². The third-order valence-corrected chi connectivity index (χ3v) is 4.46. The van der Waals surface area contributed by atoms with E-state index in [-0.39, 0.29) is 0 Å². The summed E-state index contributed by atoms with van der Waals surface area (Å²) in [6.45, 7) is 20.6. The van der Waals surface area contributed by atoms with E-state index in [0.29, 0.717) is 17.3 Å². The summed E-state index contributed by atoms with van der Waals surface area (Å²) in [5.41, 5.74) is 6.15. The molecular formula is C20H35N. The van der Waals surface area contributed by atoms with Crippen LogP contribution in [-0.4, -0.2) is 13.1 Å². The standard InChI is InChI=1S/C20H35N/c1-14(2)12-21-13-18(20(6,7)8)11-19-16(4)9-15(3)10-17(19)5/h9-10,14,18,21H,11-13H2,1-8H3. The minimum atomic E-state index is 0.327. The van der Waals surface area contributed by atoms with Crippen LogP contribution in [0, 0.1) is 38.0 Å². The lowest BCUT2D eigenvalue weighted by Crippen LogP contribution is -2.35. The SMILES string of the molecule is Cc1cc(C)c(CC(CNCC(C)C)C(C)(C)C)c(C)c1. The van der Waals surface area contributed by atoms with Gasteiger partial charge in [-0.2, -0.15) is 0 Å². The average Bonchev–Trinajstić information content (AvgIpc) is 2.29. The summed E-state index contributed by atoms with van der Waals surface area (Å²) in [5.74, 6) is 1.38. The molecule has 1 atom stereocenters. The Hall–Kier alpha value is -0.820. The quantitative estimate of drug-likeness (QED) is 0.771. The first-order valence-corrected chi connectivity index (χ1v) is 8.38. The van der Waals surface area contributed by atoms with Crippen molar-refractivity contribution in [3.8, 4) is 0 Å². The van der Waals surface area contributed by atoms with Crippen LogP contribution in [0.5, 0.6) is 0 Å². The fourth-order valence-corrected chi connectivity index (χ4v) is 3.01. The normalized spacial score (nSPS) is 13.8. The van der Waals surface area contributed by atoms with Crippen LogP contribution >= 0.6 is 0 Å². The van der Waals surface area contributed by atoms with Gasteiger partial charge in [0.05, 0.1) is 0 Å². The molecule has 0 fully saturated rings. The molecule has 0 heterocycles. The van der Waals surface area contributed by atoms with E-state index in [0.717, 1.165) is 13.1 Å². The minimum absolute atomic E-state index is 0.327.